The van der Waals surface area contributed by atoms with E-state index in [-0.39, 0.29) is 13.2 Å². The van der Waals surface area contributed by atoms with Crippen LogP contribution in [0.5, 0.6) is 23.0 Å². The minimum atomic E-state index is -0.738. The first-order valence-corrected chi connectivity index (χ1v) is 16.2. The molecule has 0 radical (unpaired) electrons. The number of rotatable bonds is 13. The monoisotopic (exact) mass is 601 g/mol. The van der Waals surface area contributed by atoms with Gasteiger partial charge in [0.25, 0.3) is 0 Å². The van der Waals surface area contributed by atoms with Gasteiger partial charge in [-0.15, -0.1) is 0 Å². The number of benzene rings is 2. The minimum absolute atomic E-state index is 0.287. The first kappa shape index (κ1) is 33.9. The Labute approximate surface area is 258 Å². The van der Waals surface area contributed by atoms with Gasteiger partial charge in [0.1, 0.15) is 37.0 Å². The van der Waals surface area contributed by atoms with Crippen molar-refractivity contribution in [3.05, 3.63) is 48.5 Å². The molecule has 0 aromatic heterocycles. The molecule has 2 aromatic rings. The summed E-state index contributed by atoms with van der Waals surface area (Å²) in [5.41, 5.74) is -0.738. The lowest BCUT2D eigenvalue weighted by molar-refractivity contribution is -0.0905. The standard InChI is InChI=1S/C34H51NO6S/c1-4-7-13-20-35(21-14-8-5-2)33(42)26-41-34(19-6-3)27-39-31-17-11-9-15-29(31)37-24-22-36-23-25-38-30-16-10-12-18-32(30)40-28-34/h9-12,15-18H,4-8,13-14,19-28H2,1-3H3. The lowest BCUT2D eigenvalue weighted by atomic mass is 9.99. The van der Waals surface area contributed by atoms with Gasteiger partial charge >= 0.3 is 0 Å². The summed E-state index contributed by atoms with van der Waals surface area (Å²) in [5, 5.41) is 0. The number of nitrogens with zero attached hydrogens (tertiary/aromatic N) is 1. The van der Waals surface area contributed by atoms with Crippen LogP contribution in [0.3, 0.4) is 0 Å². The van der Waals surface area contributed by atoms with Gasteiger partial charge in [0.15, 0.2) is 23.0 Å². The van der Waals surface area contributed by atoms with E-state index in [1.807, 2.05) is 48.5 Å². The number of thiocarbonyl (C=S) groups is 1. The Bertz CT molecular complexity index is 969. The van der Waals surface area contributed by atoms with E-state index in [1.54, 1.807) is 0 Å². The molecule has 42 heavy (non-hydrogen) atoms. The second-order valence-electron chi connectivity index (χ2n) is 10.8. The molecule has 0 saturated carbocycles. The fourth-order valence-electron chi connectivity index (χ4n) is 4.89. The first-order valence-electron chi connectivity index (χ1n) is 15.8. The van der Waals surface area contributed by atoms with Gasteiger partial charge in [-0.3, -0.25) is 0 Å². The first-order chi connectivity index (χ1) is 20.6. The number of hydrogen-bond acceptors (Lipinski definition) is 7. The van der Waals surface area contributed by atoms with E-state index in [1.165, 1.54) is 25.7 Å². The molecule has 0 bridgehead atoms. The van der Waals surface area contributed by atoms with Crippen LogP contribution >= 0.6 is 12.2 Å². The zero-order chi connectivity index (χ0) is 29.9. The van der Waals surface area contributed by atoms with E-state index >= 15 is 0 Å². The highest BCUT2D eigenvalue weighted by molar-refractivity contribution is 7.80. The molecule has 0 N–H and O–H groups in total. The Morgan fingerprint density at radius 3 is 1.62 bits per heavy atom. The normalized spacial score (nSPS) is 15.6. The average molecular weight is 602 g/mol. The molecule has 1 aliphatic rings. The van der Waals surface area contributed by atoms with Crippen molar-refractivity contribution in [1.29, 1.82) is 0 Å². The van der Waals surface area contributed by atoms with Gasteiger partial charge in [0, 0.05) is 13.1 Å². The molecule has 1 aliphatic heterocycles. The number of unbranched alkanes of at least 4 members (excludes halogenated alkanes) is 4. The minimum Gasteiger partial charge on any atom is -0.487 e. The molecule has 8 heteroatoms. The highest BCUT2D eigenvalue weighted by Gasteiger charge is 2.34. The van der Waals surface area contributed by atoms with E-state index < -0.39 is 5.60 Å². The molecule has 0 atom stereocenters. The van der Waals surface area contributed by atoms with Gasteiger partial charge in [0.05, 0.1) is 19.8 Å². The van der Waals surface area contributed by atoms with E-state index in [0.717, 1.165) is 43.8 Å². The molecule has 0 aliphatic carbocycles. The quantitative estimate of drug-likeness (QED) is 0.173. The van der Waals surface area contributed by atoms with E-state index in [4.69, 9.17) is 40.6 Å². The van der Waals surface area contributed by atoms with Gasteiger partial charge in [0.2, 0.25) is 0 Å². The molecule has 3 rings (SSSR count). The SMILES string of the molecule is CCCCCN(CCCCC)C(=S)COC1(CCC)COc2ccccc2OCCOCCOc2ccccc2OC1. The fourth-order valence-corrected chi connectivity index (χ4v) is 5.13. The molecule has 2 aromatic carbocycles. The van der Waals surface area contributed by atoms with Crippen molar-refractivity contribution in [1.82, 2.24) is 4.90 Å². The van der Waals surface area contributed by atoms with Crippen molar-refractivity contribution < 1.29 is 28.4 Å². The van der Waals surface area contributed by atoms with Crippen LogP contribution in [0.1, 0.15) is 72.1 Å². The highest BCUT2D eigenvalue weighted by Crippen LogP contribution is 2.32. The maximum atomic E-state index is 6.77. The van der Waals surface area contributed by atoms with Crippen molar-refractivity contribution >= 4 is 17.2 Å². The molecular weight excluding hydrogens is 550 g/mol. The van der Waals surface area contributed by atoms with Crippen molar-refractivity contribution in [3.8, 4) is 23.0 Å². The van der Waals surface area contributed by atoms with Gasteiger partial charge in [-0.1, -0.05) is 89.4 Å². The lowest BCUT2D eigenvalue weighted by Crippen LogP contribution is -2.47. The summed E-state index contributed by atoms with van der Waals surface area (Å²) in [6.45, 7) is 11.2. The Balaban J connectivity index is 1.84. The Morgan fingerprint density at radius 2 is 1.17 bits per heavy atom. The van der Waals surface area contributed by atoms with E-state index in [0.29, 0.717) is 56.0 Å². The molecule has 0 saturated heterocycles. The Morgan fingerprint density at radius 1 is 0.690 bits per heavy atom. The van der Waals surface area contributed by atoms with E-state index in [9.17, 15) is 0 Å². The predicted octanol–water partition coefficient (Wildman–Crippen LogP) is 7.50. The molecule has 7 nitrogen and oxygen atoms in total. The molecule has 0 unspecified atom stereocenters. The van der Waals surface area contributed by atoms with Crippen LogP contribution in [0.2, 0.25) is 0 Å². The van der Waals surface area contributed by atoms with Crippen LogP contribution in [-0.2, 0) is 9.47 Å². The third-order valence-electron chi connectivity index (χ3n) is 7.27. The zero-order valence-corrected chi connectivity index (χ0v) is 26.8. The fraction of sp³-hybridized carbons (Fsp3) is 0.618. The van der Waals surface area contributed by atoms with Crippen LogP contribution in [0.25, 0.3) is 0 Å². The molecule has 234 valence electrons. The number of hydrogen-bond donors (Lipinski definition) is 0. The number of ether oxygens (including phenoxy) is 6. The largest absolute Gasteiger partial charge is 0.487 e. The smallest absolute Gasteiger partial charge is 0.161 e. The Hall–Kier alpha value is -2.55. The van der Waals surface area contributed by atoms with Crippen molar-refractivity contribution in [2.75, 3.05) is 59.3 Å². The van der Waals surface area contributed by atoms with Crippen LogP contribution < -0.4 is 18.9 Å². The zero-order valence-electron chi connectivity index (χ0n) is 25.9. The van der Waals surface area contributed by atoms with Crippen LogP contribution in [-0.4, -0.2) is 74.8 Å². The maximum Gasteiger partial charge on any atom is 0.161 e. The maximum absolute atomic E-state index is 6.77. The molecule has 0 amide bonds. The van der Waals surface area contributed by atoms with Gasteiger partial charge in [-0.2, -0.15) is 0 Å². The van der Waals surface area contributed by atoms with Crippen molar-refractivity contribution in [3.63, 3.8) is 0 Å². The van der Waals surface area contributed by atoms with Crippen molar-refractivity contribution in [2.24, 2.45) is 0 Å². The summed E-state index contributed by atoms with van der Waals surface area (Å²) >= 11 is 5.98. The third-order valence-corrected chi connectivity index (χ3v) is 7.65. The molecular formula is C34H51NO6S. The van der Waals surface area contributed by atoms with Crippen LogP contribution in [0.15, 0.2) is 48.5 Å². The summed E-state index contributed by atoms with van der Waals surface area (Å²) in [7, 11) is 0. The summed E-state index contributed by atoms with van der Waals surface area (Å²) in [6, 6.07) is 15.4. The Kier molecular flexibility index (Phi) is 15.8. The molecule has 0 spiro atoms. The lowest BCUT2D eigenvalue weighted by Gasteiger charge is -2.35. The number of para-hydroxylation sites is 4. The summed E-state index contributed by atoms with van der Waals surface area (Å²) in [4.78, 5) is 3.18. The summed E-state index contributed by atoms with van der Waals surface area (Å²) in [6.07, 6.45) is 8.66. The van der Waals surface area contributed by atoms with Gasteiger partial charge < -0.3 is 33.3 Å². The third kappa shape index (κ3) is 11.6. The van der Waals surface area contributed by atoms with Crippen LogP contribution in [0, 0.1) is 0 Å². The average Bonchev–Trinajstić information content (AvgIpc) is 3.01. The van der Waals surface area contributed by atoms with Crippen molar-refractivity contribution in [2.45, 2.75) is 77.7 Å². The summed E-state index contributed by atoms with van der Waals surface area (Å²) in [5.74, 6) is 2.69. The van der Waals surface area contributed by atoms with E-state index in [2.05, 4.69) is 25.7 Å². The highest BCUT2D eigenvalue weighted by atomic mass is 32.1. The molecule has 0 fully saturated rings. The predicted molar refractivity (Wildman–Crippen MR) is 172 cm³/mol. The van der Waals surface area contributed by atoms with Crippen LogP contribution in [0.4, 0.5) is 0 Å². The van der Waals surface area contributed by atoms with Gasteiger partial charge in [-0.25, -0.2) is 0 Å². The molecule has 1 heterocycles. The summed E-state index contributed by atoms with van der Waals surface area (Å²) < 4.78 is 37.3. The second kappa shape index (κ2) is 19.6. The van der Waals surface area contributed by atoms with Gasteiger partial charge in [-0.05, 0) is 43.5 Å². The second-order valence-corrected chi connectivity index (χ2v) is 11.3. The number of fused-ring (bicyclic) bond motifs is 2. The topological polar surface area (TPSA) is 58.6 Å².